The third-order valence-electron chi connectivity index (χ3n) is 1.75. The second kappa shape index (κ2) is 4.43. The van der Waals surface area contributed by atoms with Crippen LogP contribution in [0.5, 0.6) is 11.5 Å². The van der Waals surface area contributed by atoms with Crippen LogP contribution in [0.1, 0.15) is 10.4 Å². The number of phenolic OH excluding ortho intramolecular Hbond substituents is 1. The molecule has 0 amide bonds. The molecule has 1 aromatic carbocycles. The zero-order chi connectivity index (χ0) is 10.7. The van der Waals surface area contributed by atoms with Crippen LogP contribution in [0.3, 0.4) is 0 Å². The molecule has 0 unspecified atom stereocenters. The molecule has 0 fully saturated rings. The van der Waals surface area contributed by atoms with Gasteiger partial charge < -0.3 is 15.6 Å². The molecule has 0 aliphatic carbocycles. The van der Waals surface area contributed by atoms with E-state index in [-0.39, 0.29) is 23.8 Å². The van der Waals surface area contributed by atoms with Crippen molar-refractivity contribution < 1.29 is 14.6 Å². The molecule has 0 aliphatic rings. The monoisotopic (exact) mass is 259 g/mol. The number of Topliss-reactive ketones (excluding diaryl/α,β-unsaturated/α-hetero) is 1. The predicted molar refractivity (Wildman–Crippen MR) is 55.7 cm³/mol. The van der Waals surface area contributed by atoms with Gasteiger partial charge in [0.2, 0.25) is 0 Å². The van der Waals surface area contributed by atoms with Gasteiger partial charge in [0.25, 0.3) is 0 Å². The van der Waals surface area contributed by atoms with Crippen molar-refractivity contribution in [3.8, 4) is 11.5 Å². The van der Waals surface area contributed by atoms with Gasteiger partial charge in [-0.15, -0.1) is 0 Å². The highest BCUT2D eigenvalue weighted by Gasteiger charge is 2.12. The van der Waals surface area contributed by atoms with Crippen molar-refractivity contribution in [2.24, 2.45) is 5.73 Å². The summed E-state index contributed by atoms with van der Waals surface area (Å²) in [5.41, 5.74) is 5.63. The highest BCUT2D eigenvalue weighted by atomic mass is 79.9. The van der Waals surface area contributed by atoms with Gasteiger partial charge in [-0.05, 0) is 28.1 Å². The number of benzene rings is 1. The number of ether oxygens (including phenoxy) is 1. The molecule has 0 saturated carbocycles. The number of methoxy groups -OCH3 is 1. The second-order valence-corrected chi connectivity index (χ2v) is 3.49. The Hall–Kier alpha value is -1.07. The number of rotatable bonds is 3. The fourth-order valence-electron chi connectivity index (χ4n) is 1.03. The molecule has 14 heavy (non-hydrogen) atoms. The summed E-state index contributed by atoms with van der Waals surface area (Å²) in [6, 6.07) is 2.86. The number of phenols is 1. The van der Waals surface area contributed by atoms with E-state index < -0.39 is 0 Å². The quantitative estimate of drug-likeness (QED) is 0.803. The first-order valence-electron chi connectivity index (χ1n) is 3.90. The Kier molecular flexibility index (Phi) is 3.49. The van der Waals surface area contributed by atoms with Crippen LogP contribution in [0, 0.1) is 0 Å². The average molecular weight is 260 g/mol. The number of hydrogen-bond donors (Lipinski definition) is 2. The molecular formula is C9H10BrNO3. The number of aromatic hydroxyl groups is 1. The summed E-state index contributed by atoms with van der Waals surface area (Å²) in [4.78, 5) is 11.3. The molecule has 0 aliphatic heterocycles. The number of ketones is 1. The smallest absolute Gasteiger partial charge is 0.177 e. The summed E-state index contributed by atoms with van der Waals surface area (Å²) in [6.45, 7) is -0.0769. The number of carbonyl (C=O) groups is 1. The minimum Gasteiger partial charge on any atom is -0.504 e. The van der Waals surface area contributed by atoms with Crippen LogP contribution in [-0.2, 0) is 0 Å². The Morgan fingerprint density at radius 2 is 2.29 bits per heavy atom. The van der Waals surface area contributed by atoms with Gasteiger partial charge in [0, 0.05) is 10.0 Å². The van der Waals surface area contributed by atoms with E-state index in [0.29, 0.717) is 10.0 Å². The van der Waals surface area contributed by atoms with E-state index in [2.05, 4.69) is 15.9 Å². The zero-order valence-electron chi connectivity index (χ0n) is 7.58. The Labute approximate surface area is 89.8 Å². The molecule has 0 radical (unpaired) electrons. The lowest BCUT2D eigenvalue weighted by Gasteiger charge is -2.07. The summed E-state index contributed by atoms with van der Waals surface area (Å²) >= 11 is 3.16. The van der Waals surface area contributed by atoms with Crippen molar-refractivity contribution in [2.45, 2.75) is 0 Å². The minimum atomic E-state index is -0.213. The second-order valence-electron chi connectivity index (χ2n) is 2.63. The SMILES string of the molecule is COc1cc(C(=O)CN)c(Br)cc1O. The molecule has 4 nitrogen and oxygen atoms in total. The summed E-state index contributed by atoms with van der Waals surface area (Å²) in [5, 5.41) is 9.37. The summed E-state index contributed by atoms with van der Waals surface area (Å²) in [7, 11) is 1.42. The van der Waals surface area contributed by atoms with Crippen molar-refractivity contribution in [3.63, 3.8) is 0 Å². The number of halogens is 1. The topological polar surface area (TPSA) is 72.5 Å². The van der Waals surface area contributed by atoms with Crippen LogP contribution in [0.25, 0.3) is 0 Å². The number of hydrogen-bond acceptors (Lipinski definition) is 4. The first kappa shape index (κ1) is 11.0. The van der Waals surface area contributed by atoms with Crippen molar-refractivity contribution in [3.05, 3.63) is 22.2 Å². The van der Waals surface area contributed by atoms with Crippen LogP contribution >= 0.6 is 15.9 Å². The lowest BCUT2D eigenvalue weighted by molar-refractivity contribution is 0.100. The molecule has 5 heteroatoms. The van der Waals surface area contributed by atoms with Gasteiger partial charge >= 0.3 is 0 Å². The number of nitrogens with two attached hydrogens (primary N) is 1. The molecule has 76 valence electrons. The van der Waals surface area contributed by atoms with Crippen molar-refractivity contribution in [2.75, 3.05) is 13.7 Å². The maximum Gasteiger partial charge on any atom is 0.177 e. The standard InChI is InChI=1S/C9H10BrNO3/c1-14-9-2-5(8(13)4-11)6(10)3-7(9)12/h2-3,12H,4,11H2,1H3. The van der Waals surface area contributed by atoms with E-state index in [1.54, 1.807) is 0 Å². The minimum absolute atomic E-state index is 0.0204. The Balaban J connectivity index is 3.24. The van der Waals surface area contributed by atoms with Gasteiger partial charge in [0.15, 0.2) is 17.3 Å². The largest absolute Gasteiger partial charge is 0.504 e. The van der Waals surface area contributed by atoms with Gasteiger partial charge in [-0.25, -0.2) is 0 Å². The maximum absolute atomic E-state index is 11.3. The molecule has 0 aromatic heterocycles. The fourth-order valence-corrected chi connectivity index (χ4v) is 1.58. The molecule has 3 N–H and O–H groups in total. The zero-order valence-corrected chi connectivity index (χ0v) is 9.17. The van der Waals surface area contributed by atoms with Crippen LogP contribution in [-0.4, -0.2) is 24.5 Å². The van der Waals surface area contributed by atoms with E-state index in [4.69, 9.17) is 10.5 Å². The van der Waals surface area contributed by atoms with Gasteiger partial charge in [0.05, 0.1) is 13.7 Å². The van der Waals surface area contributed by atoms with Crippen LogP contribution in [0.2, 0.25) is 0 Å². The van der Waals surface area contributed by atoms with E-state index >= 15 is 0 Å². The van der Waals surface area contributed by atoms with Gasteiger partial charge in [-0.2, -0.15) is 0 Å². The Morgan fingerprint density at radius 3 is 2.79 bits per heavy atom. The van der Waals surface area contributed by atoms with Crippen LogP contribution in [0.15, 0.2) is 16.6 Å². The van der Waals surface area contributed by atoms with Gasteiger partial charge in [-0.3, -0.25) is 4.79 Å². The first-order valence-corrected chi connectivity index (χ1v) is 4.69. The lowest BCUT2D eigenvalue weighted by atomic mass is 10.1. The van der Waals surface area contributed by atoms with Crippen molar-refractivity contribution >= 4 is 21.7 Å². The molecule has 0 saturated heterocycles. The first-order chi connectivity index (χ1) is 6.60. The highest BCUT2D eigenvalue weighted by Crippen LogP contribution is 2.32. The molecule has 1 rings (SSSR count). The van der Waals surface area contributed by atoms with Gasteiger partial charge in [-0.1, -0.05) is 0 Å². The Morgan fingerprint density at radius 1 is 1.64 bits per heavy atom. The third kappa shape index (κ3) is 2.05. The third-order valence-corrected chi connectivity index (χ3v) is 2.41. The molecule has 0 spiro atoms. The number of carbonyl (C=O) groups excluding carboxylic acids is 1. The highest BCUT2D eigenvalue weighted by molar-refractivity contribution is 9.10. The van der Waals surface area contributed by atoms with E-state index in [0.717, 1.165) is 0 Å². The normalized spacial score (nSPS) is 9.93. The molecule has 0 bridgehead atoms. The Bertz CT molecular complexity index is 365. The van der Waals surface area contributed by atoms with Crippen LogP contribution in [0.4, 0.5) is 0 Å². The lowest BCUT2D eigenvalue weighted by Crippen LogP contribution is -2.14. The van der Waals surface area contributed by atoms with Gasteiger partial charge in [0.1, 0.15) is 0 Å². The maximum atomic E-state index is 11.3. The summed E-state index contributed by atoms with van der Waals surface area (Å²) < 4.78 is 5.38. The summed E-state index contributed by atoms with van der Waals surface area (Å²) in [6.07, 6.45) is 0. The van der Waals surface area contributed by atoms with E-state index in [9.17, 15) is 9.90 Å². The fraction of sp³-hybridized carbons (Fsp3) is 0.222. The van der Waals surface area contributed by atoms with E-state index in [1.807, 2.05) is 0 Å². The van der Waals surface area contributed by atoms with Crippen LogP contribution < -0.4 is 10.5 Å². The summed E-state index contributed by atoms with van der Waals surface area (Å²) in [5.74, 6) is 0.0214. The van der Waals surface area contributed by atoms with Crippen molar-refractivity contribution in [1.82, 2.24) is 0 Å². The molecular weight excluding hydrogens is 250 g/mol. The van der Waals surface area contributed by atoms with E-state index in [1.165, 1.54) is 19.2 Å². The van der Waals surface area contributed by atoms with Crippen molar-refractivity contribution in [1.29, 1.82) is 0 Å². The molecule has 0 heterocycles. The molecule has 1 aromatic rings. The average Bonchev–Trinajstić information content (AvgIpc) is 2.17. The predicted octanol–water partition coefficient (Wildman–Crippen LogP) is 1.30. The molecule has 0 atom stereocenters.